The van der Waals surface area contributed by atoms with E-state index >= 15 is 0 Å². The predicted molar refractivity (Wildman–Crippen MR) is 210 cm³/mol. The zero-order valence-electron chi connectivity index (χ0n) is 31.7. The van der Waals surface area contributed by atoms with Crippen molar-refractivity contribution in [1.82, 2.24) is 20.1 Å². The van der Waals surface area contributed by atoms with Gasteiger partial charge in [-0.3, -0.25) is 20.0 Å². The van der Waals surface area contributed by atoms with Gasteiger partial charge >= 0.3 is 5.97 Å². The first-order valence-electron chi connectivity index (χ1n) is 18.4. The Kier molecular flexibility index (Phi) is 14.9. The van der Waals surface area contributed by atoms with E-state index in [1.807, 2.05) is 24.3 Å². The number of aromatic nitrogens is 1. The number of carboxylic acids is 1. The number of β-amino-alcohol motifs (C(OH)–C–C–N with tert-alkyl or cyclic N) is 1. The molecular weight excluding hydrogens is 722 g/mol. The number of nitrogens with zero attached hydrogens (tertiary/aromatic N) is 4. The van der Waals surface area contributed by atoms with Crippen LogP contribution >= 0.6 is 11.6 Å². The Morgan fingerprint density at radius 3 is 2.27 bits per heavy atom. The molecule has 1 atom stereocenters. The van der Waals surface area contributed by atoms with Crippen LogP contribution in [-0.2, 0) is 24.6 Å². The third-order valence-corrected chi connectivity index (χ3v) is 10.3. The van der Waals surface area contributed by atoms with Crippen LogP contribution in [0.4, 0.5) is 0 Å². The zero-order chi connectivity index (χ0) is 39.4. The lowest BCUT2D eigenvalue weighted by Crippen LogP contribution is -2.52. The minimum atomic E-state index is -1.59. The van der Waals surface area contributed by atoms with Crippen LogP contribution in [0.3, 0.4) is 0 Å². The normalized spacial score (nSPS) is 14.6. The summed E-state index contributed by atoms with van der Waals surface area (Å²) in [7, 11) is 0. The molecule has 292 valence electrons. The van der Waals surface area contributed by atoms with E-state index in [2.05, 4.69) is 52.2 Å². The second kappa shape index (κ2) is 19.7. The molecule has 1 fully saturated rings. The zero-order valence-corrected chi connectivity index (χ0v) is 32.4. The second-order valence-corrected chi connectivity index (χ2v) is 14.3. The molecule has 0 bridgehead atoms. The Morgan fingerprint density at radius 2 is 1.58 bits per heavy atom. The topological polar surface area (TPSA) is 161 Å². The van der Waals surface area contributed by atoms with Gasteiger partial charge in [-0.15, -0.1) is 0 Å². The number of aliphatic carboxylic acids is 1. The second-order valence-electron chi connectivity index (χ2n) is 13.9. The highest BCUT2D eigenvalue weighted by Gasteiger charge is 2.32. The number of aliphatic hydroxyl groups excluding tert-OH is 2. The summed E-state index contributed by atoms with van der Waals surface area (Å²) in [5.41, 5.74) is 5.25. The molecule has 4 N–H and O–H groups in total. The molecule has 55 heavy (non-hydrogen) atoms. The maximum Gasteiger partial charge on any atom is 0.326 e. The van der Waals surface area contributed by atoms with Crippen LogP contribution in [-0.4, -0.2) is 101 Å². The summed E-state index contributed by atoms with van der Waals surface area (Å²) in [5.74, 6) is 0.416. The third-order valence-electron chi connectivity index (χ3n) is 10.1. The van der Waals surface area contributed by atoms with E-state index in [0.29, 0.717) is 39.8 Å². The third kappa shape index (κ3) is 10.9. The maximum atomic E-state index is 11.8. The first kappa shape index (κ1) is 41.4. The fraction of sp³-hybridized carbons (Fsp3) is 0.405. The molecule has 4 aromatic rings. The number of carboxylic acid groups (broad SMARTS) is 1. The molecule has 5 rings (SSSR count). The summed E-state index contributed by atoms with van der Waals surface area (Å²) in [5, 5.41) is 41.1. The number of nitriles is 1. The summed E-state index contributed by atoms with van der Waals surface area (Å²) in [4.78, 5) is 20.7. The molecule has 2 heterocycles. The van der Waals surface area contributed by atoms with Crippen molar-refractivity contribution in [3.8, 4) is 34.4 Å². The van der Waals surface area contributed by atoms with E-state index in [1.165, 1.54) is 13.1 Å². The molecule has 0 aliphatic carbocycles. The van der Waals surface area contributed by atoms with Crippen molar-refractivity contribution in [2.75, 3.05) is 59.1 Å². The van der Waals surface area contributed by atoms with Gasteiger partial charge in [-0.1, -0.05) is 41.9 Å². The van der Waals surface area contributed by atoms with Crippen molar-refractivity contribution in [2.24, 2.45) is 0 Å². The van der Waals surface area contributed by atoms with Gasteiger partial charge in [0.15, 0.2) is 0 Å². The van der Waals surface area contributed by atoms with Crippen LogP contribution in [0.5, 0.6) is 17.2 Å². The van der Waals surface area contributed by atoms with Gasteiger partial charge in [-0.05, 0) is 73.2 Å². The van der Waals surface area contributed by atoms with Crippen molar-refractivity contribution < 1.29 is 34.3 Å². The highest BCUT2D eigenvalue weighted by molar-refractivity contribution is 6.32. The Morgan fingerprint density at radius 1 is 0.891 bits per heavy atom. The molecule has 0 radical (unpaired) electrons. The van der Waals surface area contributed by atoms with Crippen LogP contribution < -0.4 is 19.5 Å². The SMILES string of the molecule is Cc1c(COc2cc(OCc3cncc(C#N)c3)c(CNC(C)(CO)C(=O)O)cc2Cl)cccc1-c1cccc(OCCCN2CCN(CCO)CC2)c1C. The molecule has 3 aromatic carbocycles. The van der Waals surface area contributed by atoms with E-state index in [0.717, 1.165) is 79.3 Å². The maximum absolute atomic E-state index is 11.8. The number of halogens is 1. The van der Waals surface area contributed by atoms with Gasteiger partial charge in [0.25, 0.3) is 0 Å². The number of hydrogen-bond donors (Lipinski definition) is 4. The minimum Gasteiger partial charge on any atom is -0.493 e. The number of benzene rings is 3. The molecule has 1 unspecified atom stereocenters. The van der Waals surface area contributed by atoms with Crippen molar-refractivity contribution in [3.63, 3.8) is 0 Å². The number of carbonyl (C=O) groups is 1. The van der Waals surface area contributed by atoms with E-state index in [1.54, 1.807) is 24.4 Å². The van der Waals surface area contributed by atoms with Gasteiger partial charge in [0.1, 0.15) is 42.1 Å². The largest absolute Gasteiger partial charge is 0.493 e. The summed E-state index contributed by atoms with van der Waals surface area (Å²) in [6, 6.07) is 19.3. The number of piperazine rings is 1. The summed E-state index contributed by atoms with van der Waals surface area (Å²) >= 11 is 6.74. The summed E-state index contributed by atoms with van der Waals surface area (Å²) < 4.78 is 18.8. The monoisotopic (exact) mass is 771 g/mol. The lowest BCUT2D eigenvalue weighted by Gasteiger charge is -2.34. The standard InChI is InChI=1S/C42H50ClN5O7/c1-29-33(7-4-8-35(29)36-9-5-10-38(30(36)2)53-18-6-11-47-12-14-48(15-13-47)16-17-49)27-55-40-21-39(54-26-32-19-31(22-44)23-45-24-32)34(20-37(40)43)25-46-42(3,28-50)41(51)52/h4-5,7-10,19-21,23-24,46,49-50H,6,11-18,25-28H2,1-3H3,(H,51,52). The molecular formula is C42H50ClN5O7. The number of rotatable bonds is 19. The van der Waals surface area contributed by atoms with Crippen molar-refractivity contribution >= 4 is 17.6 Å². The number of hydrogen-bond acceptors (Lipinski definition) is 11. The predicted octanol–water partition coefficient (Wildman–Crippen LogP) is 5.35. The van der Waals surface area contributed by atoms with Crippen LogP contribution in [0.15, 0.2) is 67.0 Å². The minimum absolute atomic E-state index is 0.0297. The molecule has 0 spiro atoms. The Hall–Kier alpha value is -4.74. The van der Waals surface area contributed by atoms with Crippen LogP contribution in [0.1, 0.15) is 46.7 Å². The number of ether oxygens (including phenoxy) is 3. The van der Waals surface area contributed by atoms with Crippen LogP contribution in [0.2, 0.25) is 5.02 Å². The van der Waals surface area contributed by atoms with Gasteiger partial charge in [-0.25, -0.2) is 0 Å². The lowest BCUT2D eigenvalue weighted by atomic mass is 9.93. The quantitative estimate of drug-likeness (QED) is 0.0907. The molecule has 12 nitrogen and oxygen atoms in total. The fourth-order valence-electron chi connectivity index (χ4n) is 6.44. The van der Waals surface area contributed by atoms with Gasteiger partial charge < -0.3 is 34.4 Å². The average molecular weight is 772 g/mol. The van der Waals surface area contributed by atoms with Crippen molar-refractivity contribution in [3.05, 3.63) is 105 Å². The van der Waals surface area contributed by atoms with Crippen molar-refractivity contribution in [2.45, 2.75) is 52.5 Å². The fourth-order valence-corrected chi connectivity index (χ4v) is 6.68. The lowest BCUT2D eigenvalue weighted by molar-refractivity contribution is -0.145. The van der Waals surface area contributed by atoms with Gasteiger partial charge in [0, 0.05) is 75.4 Å². The summed E-state index contributed by atoms with van der Waals surface area (Å²) in [6.45, 7) is 11.8. The molecule has 1 aliphatic heterocycles. The molecule has 0 saturated carbocycles. The molecule has 0 amide bonds. The van der Waals surface area contributed by atoms with E-state index in [4.69, 9.17) is 25.8 Å². The number of aliphatic hydroxyl groups is 2. The van der Waals surface area contributed by atoms with Crippen molar-refractivity contribution in [1.29, 1.82) is 5.26 Å². The van der Waals surface area contributed by atoms with E-state index < -0.39 is 18.1 Å². The molecule has 1 saturated heterocycles. The molecule has 1 aliphatic rings. The first-order chi connectivity index (χ1) is 26.5. The first-order valence-corrected chi connectivity index (χ1v) is 18.8. The number of nitrogens with one attached hydrogen (secondary N) is 1. The summed E-state index contributed by atoms with van der Waals surface area (Å²) in [6.07, 6.45) is 3.99. The van der Waals surface area contributed by atoms with Crippen LogP contribution in [0.25, 0.3) is 11.1 Å². The highest BCUT2D eigenvalue weighted by Crippen LogP contribution is 2.36. The average Bonchev–Trinajstić information content (AvgIpc) is 3.19. The Bertz CT molecular complexity index is 1960. The van der Waals surface area contributed by atoms with Gasteiger partial charge in [0.05, 0.1) is 30.4 Å². The Labute approximate surface area is 327 Å². The van der Waals surface area contributed by atoms with E-state index in [9.17, 15) is 25.4 Å². The van der Waals surface area contributed by atoms with Gasteiger partial charge in [-0.2, -0.15) is 5.26 Å². The van der Waals surface area contributed by atoms with Crippen LogP contribution in [0, 0.1) is 25.2 Å². The highest BCUT2D eigenvalue weighted by atomic mass is 35.5. The smallest absolute Gasteiger partial charge is 0.326 e. The van der Waals surface area contributed by atoms with E-state index in [-0.39, 0.29) is 26.4 Å². The molecule has 13 heteroatoms. The number of pyridine rings is 1. The van der Waals surface area contributed by atoms with Gasteiger partial charge in [0.2, 0.25) is 0 Å². The molecule has 1 aromatic heterocycles. The Balaban J connectivity index is 1.28.